The SMILES string of the molecule is CNc1nc(N)nc2c1ncn2[C@](C)(F)[C@H](O)C(CO[P+](=O)N[C@@H](C)C(=O)OC(C)C)OC. The molecule has 0 aliphatic rings. The normalized spacial score (nSPS) is 16.8. The molecule has 33 heavy (non-hydrogen) atoms. The summed E-state index contributed by atoms with van der Waals surface area (Å²) >= 11 is 0. The fraction of sp³-hybridized carbons (Fsp3) is 0.667. The first-order chi connectivity index (χ1) is 15.4. The summed E-state index contributed by atoms with van der Waals surface area (Å²) in [7, 11) is 0.296. The minimum absolute atomic E-state index is 0.0527. The summed E-state index contributed by atoms with van der Waals surface area (Å²) < 4.78 is 44.3. The number of halogens is 1. The number of aliphatic hydroxyl groups is 1. The minimum atomic E-state index is -2.54. The Morgan fingerprint density at radius 3 is 2.64 bits per heavy atom. The van der Waals surface area contributed by atoms with Crippen molar-refractivity contribution in [2.45, 2.75) is 57.8 Å². The zero-order valence-corrected chi connectivity index (χ0v) is 20.2. The lowest BCUT2D eigenvalue weighted by molar-refractivity contribution is -0.149. The van der Waals surface area contributed by atoms with Crippen molar-refractivity contribution in [3.8, 4) is 0 Å². The van der Waals surface area contributed by atoms with Crippen molar-refractivity contribution < 1.29 is 32.9 Å². The highest BCUT2D eigenvalue weighted by Gasteiger charge is 2.43. The first-order valence-electron chi connectivity index (χ1n) is 10.1. The Kier molecular flexibility index (Phi) is 8.97. The Morgan fingerprint density at radius 1 is 1.39 bits per heavy atom. The molecule has 0 aliphatic heterocycles. The molecule has 13 nitrogen and oxygen atoms in total. The molecular formula is C18H30FN7O6P+. The van der Waals surface area contributed by atoms with Crippen molar-refractivity contribution in [2.24, 2.45) is 0 Å². The van der Waals surface area contributed by atoms with Crippen LogP contribution in [-0.4, -0.2) is 75.7 Å². The van der Waals surface area contributed by atoms with Crippen LogP contribution in [0.2, 0.25) is 0 Å². The minimum Gasteiger partial charge on any atom is -0.462 e. The third-order valence-corrected chi connectivity index (χ3v) is 5.66. The lowest BCUT2D eigenvalue weighted by atomic mass is 10.0. The number of carbonyl (C=O) groups is 1. The zero-order chi connectivity index (χ0) is 24.9. The molecule has 2 heterocycles. The van der Waals surface area contributed by atoms with E-state index in [1.54, 1.807) is 20.9 Å². The fourth-order valence-electron chi connectivity index (χ4n) is 2.90. The molecule has 0 aromatic carbocycles. The largest absolute Gasteiger partial charge is 0.613 e. The van der Waals surface area contributed by atoms with Crippen LogP contribution < -0.4 is 16.1 Å². The first-order valence-corrected chi connectivity index (χ1v) is 11.3. The van der Waals surface area contributed by atoms with Crippen LogP contribution in [0.15, 0.2) is 6.33 Å². The summed E-state index contributed by atoms with van der Waals surface area (Å²) in [5.74, 6) is -2.90. The average molecular weight is 490 g/mol. The summed E-state index contributed by atoms with van der Waals surface area (Å²) in [4.78, 5) is 23.9. The molecule has 0 fully saturated rings. The van der Waals surface area contributed by atoms with Gasteiger partial charge in [-0.25, -0.2) is 9.37 Å². The number of nitrogens with one attached hydrogen (secondary N) is 2. The number of alkyl halides is 1. The molecule has 15 heteroatoms. The molecule has 184 valence electrons. The van der Waals surface area contributed by atoms with Gasteiger partial charge in [-0.15, -0.1) is 4.52 Å². The van der Waals surface area contributed by atoms with E-state index in [1.807, 2.05) is 0 Å². The van der Waals surface area contributed by atoms with E-state index in [2.05, 4.69) is 25.4 Å². The highest BCUT2D eigenvalue weighted by Crippen LogP contribution is 2.32. The molecule has 0 aliphatic carbocycles. The highest BCUT2D eigenvalue weighted by atomic mass is 31.1. The summed E-state index contributed by atoms with van der Waals surface area (Å²) in [5.41, 5.74) is 6.00. The van der Waals surface area contributed by atoms with E-state index in [4.69, 9.17) is 19.7 Å². The Hall–Kier alpha value is -2.51. The first kappa shape index (κ1) is 26.7. The number of hydrogen-bond acceptors (Lipinski definition) is 11. The van der Waals surface area contributed by atoms with Crippen LogP contribution in [0.25, 0.3) is 11.2 Å². The number of fused-ring (bicyclic) bond motifs is 1. The summed E-state index contributed by atoms with van der Waals surface area (Å²) in [5, 5.41) is 16.0. The molecule has 0 saturated carbocycles. The number of imidazole rings is 1. The zero-order valence-electron chi connectivity index (χ0n) is 19.3. The second-order valence-corrected chi connectivity index (χ2v) is 8.63. The van der Waals surface area contributed by atoms with Crippen LogP contribution in [0.5, 0.6) is 0 Å². The van der Waals surface area contributed by atoms with Crippen LogP contribution in [0.4, 0.5) is 16.2 Å². The van der Waals surface area contributed by atoms with E-state index in [0.717, 1.165) is 17.8 Å². The molecule has 0 amide bonds. The molecule has 2 rings (SSSR count). The lowest BCUT2D eigenvalue weighted by Crippen LogP contribution is -2.48. The predicted molar refractivity (Wildman–Crippen MR) is 118 cm³/mol. The van der Waals surface area contributed by atoms with Gasteiger partial charge in [-0.1, -0.05) is 5.09 Å². The Balaban J connectivity index is 2.12. The van der Waals surface area contributed by atoms with Gasteiger partial charge in [0.15, 0.2) is 17.0 Å². The average Bonchev–Trinajstić information content (AvgIpc) is 3.17. The number of anilines is 2. The number of nitrogens with two attached hydrogens (primary N) is 1. The van der Waals surface area contributed by atoms with Crippen molar-refractivity contribution in [1.29, 1.82) is 0 Å². The number of esters is 1. The van der Waals surface area contributed by atoms with Crippen LogP contribution in [0, 0.1) is 0 Å². The quantitative estimate of drug-likeness (QED) is 0.246. The molecule has 2 unspecified atom stereocenters. The molecule has 0 spiro atoms. The van der Waals surface area contributed by atoms with Crippen molar-refractivity contribution in [3.63, 3.8) is 0 Å². The summed E-state index contributed by atoms with van der Waals surface area (Å²) in [6.07, 6.45) is -2.21. The van der Waals surface area contributed by atoms with Gasteiger partial charge in [0.1, 0.15) is 24.9 Å². The van der Waals surface area contributed by atoms with Gasteiger partial charge in [-0.2, -0.15) is 9.97 Å². The smallest absolute Gasteiger partial charge is 0.462 e. The molecule has 0 bridgehead atoms. The van der Waals surface area contributed by atoms with Gasteiger partial charge >= 0.3 is 14.1 Å². The number of aliphatic hydroxyl groups excluding tert-OH is 1. The fourth-order valence-corrected chi connectivity index (χ4v) is 3.68. The van der Waals surface area contributed by atoms with E-state index in [1.165, 1.54) is 14.0 Å². The third kappa shape index (κ3) is 6.30. The number of nitrogen functional groups attached to an aromatic ring is 1. The van der Waals surface area contributed by atoms with E-state index in [-0.39, 0.29) is 23.2 Å². The number of hydrogen-bond donors (Lipinski definition) is 4. The second-order valence-electron chi connectivity index (χ2n) is 7.60. The number of methoxy groups -OCH3 is 1. The van der Waals surface area contributed by atoms with Gasteiger partial charge in [-0.3, -0.25) is 9.36 Å². The highest BCUT2D eigenvalue weighted by molar-refractivity contribution is 7.36. The molecule has 2 aromatic heterocycles. The maximum absolute atomic E-state index is 15.8. The number of aromatic nitrogens is 4. The number of rotatable bonds is 12. The monoisotopic (exact) mass is 490 g/mol. The second kappa shape index (κ2) is 11.1. The van der Waals surface area contributed by atoms with Gasteiger partial charge in [0.25, 0.3) is 0 Å². The van der Waals surface area contributed by atoms with Crippen molar-refractivity contribution in [1.82, 2.24) is 24.6 Å². The maximum Gasteiger partial charge on any atom is 0.613 e. The predicted octanol–water partition coefficient (Wildman–Crippen LogP) is 1.07. The summed E-state index contributed by atoms with van der Waals surface area (Å²) in [6.45, 7) is 5.48. The Labute approximate surface area is 191 Å². The molecule has 0 radical (unpaired) electrons. The molecule has 0 saturated heterocycles. The Bertz CT molecular complexity index is 989. The van der Waals surface area contributed by atoms with Crippen molar-refractivity contribution in [3.05, 3.63) is 6.33 Å². The van der Waals surface area contributed by atoms with Gasteiger partial charge in [-0.05, 0) is 32.3 Å². The number of nitrogens with zero attached hydrogens (tertiary/aromatic N) is 4. The van der Waals surface area contributed by atoms with E-state index in [0.29, 0.717) is 5.82 Å². The molecular weight excluding hydrogens is 460 g/mol. The van der Waals surface area contributed by atoms with Crippen molar-refractivity contribution >= 4 is 37.1 Å². The van der Waals surface area contributed by atoms with E-state index in [9.17, 15) is 14.5 Å². The third-order valence-electron chi connectivity index (χ3n) is 4.68. The van der Waals surface area contributed by atoms with Crippen LogP contribution in [0.1, 0.15) is 27.7 Å². The van der Waals surface area contributed by atoms with Crippen LogP contribution in [0.3, 0.4) is 0 Å². The van der Waals surface area contributed by atoms with Crippen LogP contribution >= 0.6 is 8.18 Å². The molecule has 5 N–H and O–H groups in total. The lowest BCUT2D eigenvalue weighted by Gasteiger charge is -2.31. The van der Waals surface area contributed by atoms with E-state index < -0.39 is 44.8 Å². The topological polar surface area (TPSA) is 176 Å². The standard InChI is InChI=1S/C18H30FN7O6P/c1-9(2)32-16(28)10(3)25-33(29)31-7-11(30-6)13(27)18(4,19)26-8-22-12-14(21-5)23-17(20)24-15(12)26/h8-11,13,27H,7H2,1-6H3,(H,25,29)(H3,20,21,23,24)/q+1/t10-,11?,13+,18-/m0/s1. The van der Waals surface area contributed by atoms with Gasteiger partial charge in [0.05, 0.1) is 12.4 Å². The number of ether oxygens (including phenoxy) is 2. The van der Waals surface area contributed by atoms with E-state index >= 15 is 4.39 Å². The van der Waals surface area contributed by atoms with Gasteiger partial charge < -0.3 is 25.6 Å². The van der Waals surface area contributed by atoms with Gasteiger partial charge in [0.2, 0.25) is 11.7 Å². The molecule has 5 atom stereocenters. The summed E-state index contributed by atoms with van der Waals surface area (Å²) in [6, 6.07) is -0.905. The number of carbonyl (C=O) groups excluding carboxylic acids is 1. The Morgan fingerprint density at radius 2 is 2.06 bits per heavy atom. The van der Waals surface area contributed by atoms with Gasteiger partial charge in [0, 0.05) is 14.2 Å². The van der Waals surface area contributed by atoms with Crippen molar-refractivity contribution in [2.75, 3.05) is 31.8 Å². The molecule has 2 aromatic rings. The van der Waals surface area contributed by atoms with Crippen LogP contribution in [-0.2, 0) is 29.1 Å². The maximum atomic E-state index is 15.8.